The number of benzene rings is 2. The summed E-state index contributed by atoms with van der Waals surface area (Å²) in [5.41, 5.74) is 2.19. The van der Waals surface area contributed by atoms with Crippen molar-refractivity contribution in [1.82, 2.24) is 0 Å². The third-order valence-electron chi connectivity index (χ3n) is 5.25. The maximum atomic E-state index is 12.6. The van der Waals surface area contributed by atoms with Gasteiger partial charge >= 0.3 is 0 Å². The smallest absolute Gasteiger partial charge is 0.161 e. The Hall–Kier alpha value is -2.69. The summed E-state index contributed by atoms with van der Waals surface area (Å²) in [6.45, 7) is 11.0. The van der Waals surface area contributed by atoms with Gasteiger partial charge < -0.3 is 18.9 Å². The van der Waals surface area contributed by atoms with E-state index in [-0.39, 0.29) is 5.78 Å². The van der Waals surface area contributed by atoms with Crippen LogP contribution in [0.2, 0.25) is 0 Å². The Balaban J connectivity index is 1.92. The average molecular weight is 471 g/mol. The van der Waals surface area contributed by atoms with Crippen molar-refractivity contribution in [3.63, 3.8) is 0 Å². The fourth-order valence-electron chi connectivity index (χ4n) is 3.42. The molecule has 34 heavy (non-hydrogen) atoms. The third-order valence-corrected chi connectivity index (χ3v) is 5.25. The molecule has 0 aromatic heterocycles. The van der Waals surface area contributed by atoms with E-state index in [1.54, 1.807) is 0 Å². The van der Waals surface area contributed by atoms with E-state index in [1.807, 2.05) is 36.4 Å². The lowest BCUT2D eigenvalue weighted by Gasteiger charge is -2.14. The number of hydrogen-bond acceptors (Lipinski definition) is 5. The first kappa shape index (κ1) is 27.6. The van der Waals surface area contributed by atoms with Crippen LogP contribution in [-0.2, 0) is 17.6 Å². The minimum Gasteiger partial charge on any atom is -0.490 e. The van der Waals surface area contributed by atoms with Crippen LogP contribution in [0.1, 0.15) is 77.3 Å². The van der Waals surface area contributed by atoms with Crippen LogP contribution in [0.15, 0.2) is 36.4 Å². The number of carbonyl (C=O) groups excluding carboxylic acids is 1. The fraction of sp³-hybridized carbons (Fsp3) is 0.552. The molecule has 0 bridgehead atoms. The summed E-state index contributed by atoms with van der Waals surface area (Å²) < 4.78 is 23.4. The van der Waals surface area contributed by atoms with Crippen molar-refractivity contribution in [2.24, 2.45) is 0 Å². The summed E-state index contributed by atoms with van der Waals surface area (Å²) in [5, 5.41) is 0. The van der Waals surface area contributed by atoms with E-state index in [4.69, 9.17) is 18.9 Å². The summed E-state index contributed by atoms with van der Waals surface area (Å²) >= 11 is 0. The highest BCUT2D eigenvalue weighted by Crippen LogP contribution is 2.31. The molecule has 2 rings (SSSR count). The second-order valence-electron chi connectivity index (χ2n) is 8.49. The Morgan fingerprint density at radius 1 is 0.559 bits per heavy atom. The van der Waals surface area contributed by atoms with Crippen LogP contribution in [0.4, 0.5) is 0 Å². The molecule has 0 amide bonds. The minimum absolute atomic E-state index is 0.254. The Labute approximate surface area is 205 Å². The molecule has 0 heterocycles. The molecule has 0 spiro atoms. The number of aryl methyl sites for hydroxylation is 2. The predicted octanol–water partition coefficient (Wildman–Crippen LogP) is 6.98. The monoisotopic (exact) mass is 470 g/mol. The summed E-state index contributed by atoms with van der Waals surface area (Å²) in [5.74, 6) is 3.34. The van der Waals surface area contributed by atoms with Gasteiger partial charge in [-0.15, -0.1) is 0 Å². The summed E-state index contributed by atoms with van der Waals surface area (Å²) in [6, 6.07) is 12.0. The van der Waals surface area contributed by atoms with Crippen molar-refractivity contribution < 1.29 is 23.7 Å². The van der Waals surface area contributed by atoms with Crippen molar-refractivity contribution in [3.05, 3.63) is 47.5 Å². The topological polar surface area (TPSA) is 54.0 Å². The maximum Gasteiger partial charge on any atom is 0.161 e. The van der Waals surface area contributed by atoms with Gasteiger partial charge in [-0.25, -0.2) is 0 Å². The van der Waals surface area contributed by atoms with Crippen LogP contribution in [-0.4, -0.2) is 32.2 Å². The Morgan fingerprint density at radius 3 is 1.26 bits per heavy atom. The van der Waals surface area contributed by atoms with Crippen molar-refractivity contribution in [1.29, 1.82) is 0 Å². The Morgan fingerprint density at radius 2 is 0.912 bits per heavy atom. The van der Waals surface area contributed by atoms with Crippen molar-refractivity contribution in [2.75, 3.05) is 26.4 Å². The second-order valence-corrected chi connectivity index (χ2v) is 8.49. The van der Waals surface area contributed by atoms with Crippen molar-refractivity contribution in [3.8, 4) is 23.0 Å². The molecule has 188 valence electrons. The lowest BCUT2D eigenvalue weighted by atomic mass is 10.0. The van der Waals surface area contributed by atoms with Crippen LogP contribution in [0.3, 0.4) is 0 Å². The van der Waals surface area contributed by atoms with Crippen molar-refractivity contribution >= 4 is 5.78 Å². The molecule has 5 nitrogen and oxygen atoms in total. The van der Waals surface area contributed by atoms with Gasteiger partial charge in [-0.2, -0.15) is 0 Å². The molecule has 0 radical (unpaired) electrons. The van der Waals surface area contributed by atoms with E-state index in [1.165, 1.54) is 0 Å². The van der Waals surface area contributed by atoms with E-state index in [9.17, 15) is 4.79 Å². The number of hydrogen-bond donors (Lipinski definition) is 0. The predicted molar refractivity (Wildman–Crippen MR) is 138 cm³/mol. The van der Waals surface area contributed by atoms with E-state index in [0.717, 1.165) is 59.8 Å². The van der Waals surface area contributed by atoms with Gasteiger partial charge in [0.1, 0.15) is 5.78 Å². The molecule has 0 N–H and O–H groups in total. The second kappa shape index (κ2) is 16.0. The number of ketones is 1. The molecule has 0 aliphatic heterocycles. The highest BCUT2D eigenvalue weighted by molar-refractivity contribution is 5.79. The van der Waals surface area contributed by atoms with Crippen LogP contribution >= 0.6 is 0 Å². The quantitative estimate of drug-likeness (QED) is 0.235. The molecular weight excluding hydrogens is 428 g/mol. The number of Topliss-reactive ketones (excluding diaryl/α,β-unsaturated/α-hetero) is 1. The van der Waals surface area contributed by atoms with E-state index in [2.05, 4.69) is 27.7 Å². The van der Waals surface area contributed by atoms with Crippen LogP contribution in [0.25, 0.3) is 0 Å². The number of ether oxygens (including phenoxy) is 4. The lowest BCUT2D eigenvalue weighted by Crippen LogP contribution is -2.05. The van der Waals surface area contributed by atoms with E-state index in [0.29, 0.717) is 52.1 Å². The lowest BCUT2D eigenvalue weighted by molar-refractivity contribution is -0.119. The van der Waals surface area contributed by atoms with Crippen LogP contribution < -0.4 is 18.9 Å². The van der Waals surface area contributed by atoms with Crippen molar-refractivity contribution in [2.45, 2.75) is 79.1 Å². The third kappa shape index (κ3) is 9.66. The standard InChI is InChI=1S/C29H42O5/c1-5-17-31-26-15-11-23(21-28(26)33-19-7-3)9-13-25(30)14-10-24-12-16-27(32-18-6-2)29(22-24)34-20-8-4/h11-12,15-16,21-22H,5-10,13-14,17-20H2,1-4H3. The summed E-state index contributed by atoms with van der Waals surface area (Å²) in [4.78, 5) is 12.6. The fourth-order valence-corrected chi connectivity index (χ4v) is 3.42. The van der Waals surface area contributed by atoms with Gasteiger partial charge in [-0.1, -0.05) is 39.8 Å². The highest BCUT2D eigenvalue weighted by atomic mass is 16.5. The molecular formula is C29H42O5. The van der Waals surface area contributed by atoms with Gasteiger partial charge in [0.25, 0.3) is 0 Å². The molecule has 0 aliphatic carbocycles. The molecule has 0 unspecified atom stereocenters. The average Bonchev–Trinajstić information content (AvgIpc) is 2.86. The Bertz CT molecular complexity index is 792. The van der Waals surface area contributed by atoms with Gasteiger partial charge in [0.05, 0.1) is 26.4 Å². The summed E-state index contributed by atoms with van der Waals surface area (Å²) in [7, 11) is 0. The molecule has 0 atom stereocenters. The van der Waals surface area contributed by atoms with Crippen LogP contribution in [0, 0.1) is 0 Å². The van der Waals surface area contributed by atoms with E-state index >= 15 is 0 Å². The zero-order valence-electron chi connectivity index (χ0n) is 21.5. The molecule has 5 heteroatoms. The first-order valence-electron chi connectivity index (χ1n) is 12.9. The Kier molecular flexibility index (Phi) is 13.0. The maximum absolute atomic E-state index is 12.6. The molecule has 0 saturated heterocycles. The molecule has 2 aromatic rings. The molecule has 0 aliphatic rings. The van der Waals surface area contributed by atoms with E-state index < -0.39 is 0 Å². The zero-order chi connectivity index (χ0) is 24.6. The molecule has 2 aromatic carbocycles. The number of carbonyl (C=O) groups is 1. The van der Waals surface area contributed by atoms with Gasteiger partial charge in [-0.05, 0) is 73.9 Å². The minimum atomic E-state index is 0.254. The first-order valence-corrected chi connectivity index (χ1v) is 12.9. The normalized spacial score (nSPS) is 10.7. The zero-order valence-corrected chi connectivity index (χ0v) is 21.5. The van der Waals surface area contributed by atoms with Crippen LogP contribution in [0.5, 0.6) is 23.0 Å². The highest BCUT2D eigenvalue weighted by Gasteiger charge is 2.11. The SMILES string of the molecule is CCCOc1ccc(CCC(=O)CCc2ccc(OCCC)c(OCCC)c2)cc1OCCC. The largest absolute Gasteiger partial charge is 0.490 e. The first-order chi connectivity index (χ1) is 16.6. The molecule has 0 fully saturated rings. The van der Waals surface area contributed by atoms with Gasteiger partial charge in [-0.3, -0.25) is 4.79 Å². The number of rotatable bonds is 18. The van der Waals surface area contributed by atoms with Gasteiger partial charge in [0, 0.05) is 12.8 Å². The summed E-state index contributed by atoms with van der Waals surface area (Å²) in [6.07, 6.45) is 6.20. The molecule has 0 saturated carbocycles. The van der Waals surface area contributed by atoms with Gasteiger partial charge in [0.15, 0.2) is 23.0 Å². The van der Waals surface area contributed by atoms with Gasteiger partial charge in [0.2, 0.25) is 0 Å².